The van der Waals surface area contributed by atoms with Crippen LogP contribution in [0, 0.1) is 11.3 Å². The second-order valence-electron chi connectivity index (χ2n) is 6.17. The fourth-order valence-corrected chi connectivity index (χ4v) is 2.89. The minimum Gasteiger partial charge on any atom is -0.457 e. The van der Waals surface area contributed by atoms with E-state index in [0.29, 0.717) is 28.0 Å². The van der Waals surface area contributed by atoms with Crippen LogP contribution in [0.4, 0.5) is 0 Å². The van der Waals surface area contributed by atoms with Crippen LogP contribution < -0.4 is 0 Å². The zero-order valence-corrected chi connectivity index (χ0v) is 14.9. The maximum absolute atomic E-state index is 12.8. The average molecular weight is 365 g/mol. The van der Waals surface area contributed by atoms with E-state index in [2.05, 4.69) is 16.0 Å². The molecule has 0 N–H and O–H groups in total. The number of pyridine rings is 2. The van der Waals surface area contributed by atoms with Gasteiger partial charge in [-0.3, -0.25) is 4.98 Å². The molecule has 2 aromatic heterocycles. The third-order valence-electron chi connectivity index (χ3n) is 4.32. The molecule has 0 amide bonds. The fraction of sp³-hybridized carbons (Fsp3) is 0.0435. The van der Waals surface area contributed by atoms with Crippen LogP contribution in [0.1, 0.15) is 21.5 Å². The molecule has 0 bridgehead atoms. The first kappa shape index (κ1) is 17.4. The maximum Gasteiger partial charge on any atom is 0.339 e. The minimum atomic E-state index is -0.430. The summed E-state index contributed by atoms with van der Waals surface area (Å²) >= 11 is 0. The molecule has 0 unspecified atom stereocenters. The molecule has 134 valence electrons. The van der Waals surface area contributed by atoms with Gasteiger partial charge in [0.2, 0.25) is 0 Å². The van der Waals surface area contributed by atoms with Crippen molar-refractivity contribution in [3.8, 4) is 17.5 Å². The summed E-state index contributed by atoms with van der Waals surface area (Å²) in [7, 11) is 0. The molecular weight excluding hydrogens is 350 g/mol. The fourth-order valence-electron chi connectivity index (χ4n) is 2.89. The lowest BCUT2D eigenvalue weighted by Crippen LogP contribution is -2.07. The quantitative estimate of drug-likeness (QED) is 0.497. The highest BCUT2D eigenvalue weighted by Crippen LogP contribution is 2.24. The molecule has 0 atom stereocenters. The summed E-state index contributed by atoms with van der Waals surface area (Å²) in [5.74, 6) is -0.430. The number of nitriles is 1. The van der Waals surface area contributed by atoms with Gasteiger partial charge in [-0.2, -0.15) is 5.26 Å². The molecule has 2 aromatic carbocycles. The summed E-state index contributed by atoms with van der Waals surface area (Å²) < 4.78 is 5.52. The van der Waals surface area contributed by atoms with E-state index in [-0.39, 0.29) is 6.61 Å². The summed E-state index contributed by atoms with van der Waals surface area (Å²) in [5, 5.41) is 9.60. The molecule has 0 fully saturated rings. The molecular formula is C23H15N3O2. The Labute approximate surface area is 161 Å². The van der Waals surface area contributed by atoms with Gasteiger partial charge in [0.1, 0.15) is 6.61 Å². The molecule has 4 rings (SSSR count). The van der Waals surface area contributed by atoms with Gasteiger partial charge >= 0.3 is 5.97 Å². The Balaban J connectivity index is 1.66. The van der Waals surface area contributed by atoms with Gasteiger partial charge in [-0.05, 0) is 42.0 Å². The monoisotopic (exact) mass is 365 g/mol. The Morgan fingerprint density at radius 3 is 2.50 bits per heavy atom. The zero-order valence-electron chi connectivity index (χ0n) is 14.9. The first-order valence-electron chi connectivity index (χ1n) is 8.72. The summed E-state index contributed by atoms with van der Waals surface area (Å²) in [5.41, 5.74) is 3.83. The molecule has 5 nitrogen and oxygen atoms in total. The maximum atomic E-state index is 12.8. The van der Waals surface area contributed by atoms with Crippen molar-refractivity contribution in [2.45, 2.75) is 6.61 Å². The molecule has 2 heterocycles. The lowest BCUT2D eigenvalue weighted by atomic mass is 10.1. The number of carbonyl (C=O) groups excluding carboxylic acids is 1. The third-order valence-corrected chi connectivity index (χ3v) is 4.32. The largest absolute Gasteiger partial charge is 0.457 e. The molecule has 0 radical (unpaired) electrons. The number of ether oxygens (including phenoxy) is 1. The van der Waals surface area contributed by atoms with Gasteiger partial charge in [-0.15, -0.1) is 0 Å². The highest BCUT2D eigenvalue weighted by molar-refractivity contribution is 6.04. The Kier molecular flexibility index (Phi) is 4.77. The Morgan fingerprint density at radius 2 is 1.75 bits per heavy atom. The van der Waals surface area contributed by atoms with E-state index in [1.54, 1.807) is 36.5 Å². The molecule has 0 saturated carbocycles. The normalized spacial score (nSPS) is 10.4. The lowest BCUT2D eigenvalue weighted by Gasteiger charge is -2.10. The molecule has 0 aliphatic heterocycles. The van der Waals surface area contributed by atoms with Crippen LogP contribution in [0.5, 0.6) is 0 Å². The zero-order chi connectivity index (χ0) is 19.3. The van der Waals surface area contributed by atoms with Crippen LogP contribution in [-0.2, 0) is 11.3 Å². The van der Waals surface area contributed by atoms with E-state index >= 15 is 0 Å². The summed E-state index contributed by atoms with van der Waals surface area (Å²) in [4.78, 5) is 21.8. The Bertz CT molecular complexity index is 1180. The van der Waals surface area contributed by atoms with Crippen molar-refractivity contribution in [1.82, 2.24) is 9.97 Å². The molecule has 0 aliphatic carbocycles. The predicted molar refractivity (Wildman–Crippen MR) is 105 cm³/mol. The van der Waals surface area contributed by atoms with Crippen molar-refractivity contribution in [3.05, 3.63) is 95.7 Å². The lowest BCUT2D eigenvalue weighted by molar-refractivity contribution is 0.0475. The van der Waals surface area contributed by atoms with Gasteiger partial charge in [0, 0.05) is 11.6 Å². The van der Waals surface area contributed by atoms with Crippen LogP contribution in [0.15, 0.2) is 79.0 Å². The highest BCUT2D eigenvalue weighted by Gasteiger charge is 2.15. The van der Waals surface area contributed by atoms with Gasteiger partial charge in [-0.1, -0.05) is 36.4 Å². The van der Waals surface area contributed by atoms with E-state index in [0.717, 1.165) is 10.9 Å². The van der Waals surface area contributed by atoms with Crippen molar-refractivity contribution in [3.63, 3.8) is 0 Å². The van der Waals surface area contributed by atoms with Gasteiger partial charge in [0.05, 0.1) is 34.1 Å². The number of rotatable bonds is 4. The van der Waals surface area contributed by atoms with E-state index in [1.807, 2.05) is 42.5 Å². The number of esters is 1. The predicted octanol–water partition coefficient (Wildman–Crippen LogP) is 4.53. The molecule has 0 saturated heterocycles. The Hall–Kier alpha value is -4.04. The molecule has 28 heavy (non-hydrogen) atoms. The highest BCUT2D eigenvalue weighted by atomic mass is 16.5. The SMILES string of the molecule is N#Cc1ccc(COC(=O)c2cc(-c3ccccn3)nc3ccccc23)cc1. The van der Waals surface area contributed by atoms with Crippen molar-refractivity contribution < 1.29 is 9.53 Å². The van der Waals surface area contributed by atoms with Crippen molar-refractivity contribution >= 4 is 16.9 Å². The summed E-state index contributed by atoms with van der Waals surface area (Å²) in [6.07, 6.45) is 1.69. The van der Waals surface area contributed by atoms with Gasteiger partial charge in [0.15, 0.2) is 0 Å². The molecule has 5 heteroatoms. The second-order valence-corrected chi connectivity index (χ2v) is 6.17. The van der Waals surface area contributed by atoms with E-state index in [4.69, 9.17) is 10.00 Å². The van der Waals surface area contributed by atoms with E-state index in [9.17, 15) is 4.79 Å². The van der Waals surface area contributed by atoms with Gasteiger partial charge in [0.25, 0.3) is 0 Å². The summed E-state index contributed by atoms with van der Waals surface area (Å²) in [6, 6.07) is 23.7. The van der Waals surface area contributed by atoms with Crippen molar-refractivity contribution in [1.29, 1.82) is 5.26 Å². The number of aromatic nitrogens is 2. The van der Waals surface area contributed by atoms with Crippen LogP contribution in [0.3, 0.4) is 0 Å². The van der Waals surface area contributed by atoms with E-state index < -0.39 is 5.97 Å². The van der Waals surface area contributed by atoms with Crippen molar-refractivity contribution in [2.24, 2.45) is 0 Å². The first-order chi connectivity index (χ1) is 13.7. The first-order valence-corrected chi connectivity index (χ1v) is 8.72. The molecule has 4 aromatic rings. The van der Waals surface area contributed by atoms with Crippen molar-refractivity contribution in [2.75, 3.05) is 0 Å². The minimum absolute atomic E-state index is 0.125. The number of carbonyl (C=O) groups is 1. The Morgan fingerprint density at radius 1 is 0.964 bits per heavy atom. The molecule has 0 aliphatic rings. The van der Waals surface area contributed by atoms with Gasteiger partial charge < -0.3 is 4.74 Å². The van der Waals surface area contributed by atoms with Crippen LogP contribution in [0.2, 0.25) is 0 Å². The number of benzene rings is 2. The standard InChI is InChI=1S/C23H15N3O2/c24-14-16-8-10-17(11-9-16)15-28-23(27)19-13-22(21-7-3-4-12-25-21)26-20-6-2-1-5-18(19)20/h1-13H,15H2. The van der Waals surface area contributed by atoms with E-state index in [1.165, 1.54) is 0 Å². The number of fused-ring (bicyclic) bond motifs is 1. The third kappa shape index (κ3) is 3.57. The second kappa shape index (κ2) is 7.68. The van der Waals surface area contributed by atoms with Crippen LogP contribution >= 0.6 is 0 Å². The number of hydrogen-bond donors (Lipinski definition) is 0. The van der Waals surface area contributed by atoms with Crippen LogP contribution in [0.25, 0.3) is 22.3 Å². The number of nitrogens with zero attached hydrogens (tertiary/aromatic N) is 3. The van der Waals surface area contributed by atoms with Gasteiger partial charge in [-0.25, -0.2) is 9.78 Å². The molecule has 0 spiro atoms. The van der Waals surface area contributed by atoms with Crippen LogP contribution in [-0.4, -0.2) is 15.9 Å². The average Bonchev–Trinajstić information content (AvgIpc) is 2.77. The number of para-hydroxylation sites is 1. The smallest absolute Gasteiger partial charge is 0.339 e. The number of hydrogen-bond acceptors (Lipinski definition) is 5. The topological polar surface area (TPSA) is 75.9 Å². The summed E-state index contributed by atoms with van der Waals surface area (Å²) in [6.45, 7) is 0.125.